The molecule has 1 fully saturated rings. The van der Waals surface area contributed by atoms with Gasteiger partial charge in [-0.05, 0) is 12.1 Å². The van der Waals surface area contributed by atoms with Crippen molar-refractivity contribution in [3.63, 3.8) is 0 Å². The smallest absolute Gasteiger partial charge is 0.240 e. The molecule has 1 amide bonds. The third-order valence-corrected chi connectivity index (χ3v) is 2.16. The van der Waals surface area contributed by atoms with Gasteiger partial charge in [-0.25, -0.2) is 0 Å². The van der Waals surface area contributed by atoms with Crippen molar-refractivity contribution in [1.82, 2.24) is 5.32 Å². The summed E-state index contributed by atoms with van der Waals surface area (Å²) in [7, 11) is 2.42. The van der Waals surface area contributed by atoms with Crippen molar-refractivity contribution < 1.29 is 4.79 Å². The molecule has 1 heterocycles. The van der Waals surface area contributed by atoms with E-state index in [0.29, 0.717) is 6.54 Å². The number of anilines is 1. The molecule has 2 rings (SSSR count). The van der Waals surface area contributed by atoms with E-state index in [0.717, 1.165) is 18.8 Å². The first-order valence-electron chi connectivity index (χ1n) is 6.02. The van der Waals surface area contributed by atoms with Crippen LogP contribution in [0.15, 0.2) is 30.3 Å². The third-order valence-electron chi connectivity index (χ3n) is 2.16. The maximum Gasteiger partial charge on any atom is 0.240 e. The molecule has 0 radical (unpaired) electrons. The van der Waals surface area contributed by atoms with Crippen molar-refractivity contribution >= 4 is 20.8 Å². The van der Waals surface area contributed by atoms with E-state index in [1.165, 1.54) is 0 Å². The van der Waals surface area contributed by atoms with E-state index in [9.17, 15) is 4.79 Å². The molecular formula is C13H23N2OP. The molecule has 0 spiro atoms. The normalized spacial score (nSPS) is 14.1. The van der Waals surface area contributed by atoms with Crippen molar-refractivity contribution in [2.24, 2.45) is 0 Å². The number of hydrogen-bond acceptors (Lipinski definition) is 2. The number of rotatable bonds is 1. The van der Waals surface area contributed by atoms with Crippen LogP contribution in [0.2, 0.25) is 0 Å². The molecule has 1 saturated heterocycles. The van der Waals surface area contributed by atoms with E-state index in [1.807, 2.05) is 55.7 Å². The van der Waals surface area contributed by atoms with Crippen LogP contribution in [0, 0.1) is 0 Å². The number of nitrogens with zero attached hydrogens (tertiary/aromatic N) is 1. The first kappa shape index (κ1) is 16.1. The minimum Gasteiger partial charge on any atom is -0.310 e. The van der Waals surface area contributed by atoms with Crippen LogP contribution in [-0.2, 0) is 4.79 Å². The second kappa shape index (κ2) is 10.2. The van der Waals surface area contributed by atoms with Gasteiger partial charge in [0.25, 0.3) is 0 Å². The molecule has 1 aromatic rings. The highest BCUT2D eigenvalue weighted by Crippen LogP contribution is 2.13. The summed E-state index contributed by atoms with van der Waals surface area (Å²) in [5.41, 5.74) is 0.994. The van der Waals surface area contributed by atoms with Crippen LogP contribution in [-0.4, -0.2) is 32.2 Å². The Balaban J connectivity index is 0.000000581. The molecule has 0 saturated carbocycles. The Morgan fingerprint density at radius 1 is 1.18 bits per heavy atom. The van der Waals surface area contributed by atoms with Gasteiger partial charge >= 0.3 is 0 Å². The summed E-state index contributed by atoms with van der Waals surface area (Å²) in [5, 5.41) is 3.04. The molecule has 4 heteroatoms. The Bertz CT molecular complexity index is 304. The Labute approximate surface area is 107 Å². The summed E-state index contributed by atoms with van der Waals surface area (Å²) in [6.07, 6.45) is 0. The number of nitrogens with one attached hydrogen (secondary N) is 1. The maximum atomic E-state index is 11.5. The SMILES string of the molecule is CC.CP.O=C1CNCCN1c1ccccc1. The molecule has 0 aliphatic carbocycles. The van der Waals surface area contributed by atoms with Gasteiger partial charge in [0, 0.05) is 18.8 Å². The standard InChI is InChI=1S/C10H12N2O.C2H6.CH5P/c13-10-8-11-6-7-12(10)9-4-2-1-3-5-9;2*1-2/h1-5,11H,6-8H2;1-2H3;2H2,1H3. The number of amides is 1. The van der Waals surface area contributed by atoms with Crippen LogP contribution in [0.4, 0.5) is 5.69 Å². The molecule has 1 aliphatic heterocycles. The molecule has 3 nitrogen and oxygen atoms in total. The highest BCUT2D eigenvalue weighted by Gasteiger charge is 2.18. The molecule has 0 aromatic heterocycles. The van der Waals surface area contributed by atoms with Crippen molar-refractivity contribution in [1.29, 1.82) is 0 Å². The Morgan fingerprint density at radius 2 is 1.76 bits per heavy atom. The molecule has 96 valence electrons. The van der Waals surface area contributed by atoms with Gasteiger partial charge in [0.05, 0.1) is 6.54 Å². The molecule has 0 bridgehead atoms. The predicted molar refractivity (Wildman–Crippen MR) is 78.6 cm³/mol. The minimum absolute atomic E-state index is 0.150. The second-order valence-corrected chi connectivity index (χ2v) is 3.06. The summed E-state index contributed by atoms with van der Waals surface area (Å²) in [6.45, 7) is 8.01. The second-order valence-electron chi connectivity index (χ2n) is 3.06. The van der Waals surface area contributed by atoms with Gasteiger partial charge in [0.15, 0.2) is 0 Å². The van der Waals surface area contributed by atoms with Gasteiger partial charge in [-0.1, -0.05) is 38.7 Å². The van der Waals surface area contributed by atoms with Gasteiger partial charge < -0.3 is 10.2 Å². The van der Waals surface area contributed by atoms with Crippen LogP contribution in [0.3, 0.4) is 0 Å². The van der Waals surface area contributed by atoms with Crippen LogP contribution in [0.1, 0.15) is 13.8 Å². The van der Waals surface area contributed by atoms with Crippen LogP contribution >= 0.6 is 9.24 Å². The monoisotopic (exact) mass is 254 g/mol. The molecule has 1 N–H and O–H groups in total. The Morgan fingerprint density at radius 3 is 2.29 bits per heavy atom. The number of para-hydroxylation sites is 1. The topological polar surface area (TPSA) is 32.3 Å². The number of piperazine rings is 1. The summed E-state index contributed by atoms with van der Waals surface area (Å²) < 4.78 is 0. The number of hydrogen-bond donors (Lipinski definition) is 1. The summed E-state index contributed by atoms with van der Waals surface area (Å²) in [4.78, 5) is 13.3. The lowest BCUT2D eigenvalue weighted by Crippen LogP contribution is -2.48. The molecule has 1 aromatic carbocycles. The summed E-state index contributed by atoms with van der Waals surface area (Å²) in [5.74, 6) is 0.150. The van der Waals surface area contributed by atoms with E-state index in [1.54, 1.807) is 0 Å². The zero-order chi connectivity index (χ0) is 13.1. The fourth-order valence-corrected chi connectivity index (χ4v) is 1.49. The fourth-order valence-electron chi connectivity index (χ4n) is 1.49. The largest absolute Gasteiger partial charge is 0.310 e. The molecule has 1 atom stereocenters. The van der Waals surface area contributed by atoms with Gasteiger partial charge in [-0.15, -0.1) is 9.24 Å². The van der Waals surface area contributed by atoms with E-state index >= 15 is 0 Å². The Kier molecular flexibility index (Phi) is 9.69. The molecule has 17 heavy (non-hydrogen) atoms. The average Bonchev–Trinajstić information content (AvgIpc) is 2.45. The first-order valence-corrected chi connectivity index (χ1v) is 7.17. The number of benzene rings is 1. The van der Waals surface area contributed by atoms with Crippen LogP contribution < -0.4 is 10.2 Å². The fraction of sp³-hybridized carbons (Fsp3) is 0.462. The van der Waals surface area contributed by atoms with Gasteiger partial charge in [0.2, 0.25) is 5.91 Å². The van der Waals surface area contributed by atoms with Crippen molar-refractivity contribution in [2.75, 3.05) is 31.2 Å². The molecular weight excluding hydrogens is 231 g/mol. The average molecular weight is 254 g/mol. The quantitative estimate of drug-likeness (QED) is 0.779. The van der Waals surface area contributed by atoms with E-state index in [4.69, 9.17) is 0 Å². The lowest BCUT2D eigenvalue weighted by atomic mass is 10.2. The van der Waals surface area contributed by atoms with Gasteiger partial charge in [0.1, 0.15) is 0 Å². The van der Waals surface area contributed by atoms with Crippen LogP contribution in [0.25, 0.3) is 0 Å². The van der Waals surface area contributed by atoms with Crippen molar-refractivity contribution in [2.45, 2.75) is 13.8 Å². The molecule has 1 unspecified atom stereocenters. The highest BCUT2D eigenvalue weighted by molar-refractivity contribution is 7.15. The van der Waals surface area contributed by atoms with E-state index < -0.39 is 0 Å². The lowest BCUT2D eigenvalue weighted by Gasteiger charge is -2.27. The van der Waals surface area contributed by atoms with Crippen LogP contribution in [0.5, 0.6) is 0 Å². The number of carbonyl (C=O) groups is 1. The summed E-state index contributed by atoms with van der Waals surface area (Å²) >= 11 is 0. The third kappa shape index (κ3) is 5.29. The minimum atomic E-state index is 0.150. The predicted octanol–water partition coefficient (Wildman–Crippen LogP) is 2.14. The first-order chi connectivity index (χ1) is 8.38. The molecule has 1 aliphatic rings. The lowest BCUT2D eigenvalue weighted by molar-refractivity contribution is -0.118. The van der Waals surface area contributed by atoms with Gasteiger partial charge in [-0.3, -0.25) is 4.79 Å². The summed E-state index contributed by atoms with van der Waals surface area (Å²) in [6, 6.07) is 9.78. The van der Waals surface area contributed by atoms with Crippen molar-refractivity contribution in [3.8, 4) is 0 Å². The zero-order valence-corrected chi connectivity index (χ0v) is 12.1. The van der Waals surface area contributed by atoms with E-state index in [2.05, 4.69) is 14.6 Å². The highest BCUT2D eigenvalue weighted by atomic mass is 31.0. The van der Waals surface area contributed by atoms with Gasteiger partial charge in [-0.2, -0.15) is 0 Å². The van der Waals surface area contributed by atoms with E-state index in [-0.39, 0.29) is 5.91 Å². The zero-order valence-electron chi connectivity index (χ0n) is 10.9. The maximum absolute atomic E-state index is 11.5. The van der Waals surface area contributed by atoms with Crippen molar-refractivity contribution in [3.05, 3.63) is 30.3 Å². The Hall–Kier alpha value is -0.920. The number of carbonyl (C=O) groups excluding carboxylic acids is 1.